The van der Waals surface area contributed by atoms with Crippen molar-refractivity contribution in [1.29, 1.82) is 0 Å². The largest absolute Gasteiger partial charge is 0.0613 e. The lowest BCUT2D eigenvalue weighted by Gasteiger charge is -2.19. The number of aryl methyl sites for hydroxylation is 3. The third-order valence-electron chi connectivity index (χ3n) is 5.04. The fraction of sp³-hybridized carbons (Fsp3) is 0.250. The van der Waals surface area contributed by atoms with Crippen LogP contribution in [-0.2, 0) is 6.42 Å². The molecule has 3 rings (SSSR count). The molecule has 0 bridgehead atoms. The first-order chi connectivity index (χ1) is 11.5. The van der Waals surface area contributed by atoms with E-state index in [9.17, 15) is 0 Å². The topological polar surface area (TPSA) is 0 Å². The molecule has 122 valence electrons. The van der Waals surface area contributed by atoms with Crippen LogP contribution in [0.4, 0.5) is 0 Å². The average molecular weight is 314 g/mol. The minimum Gasteiger partial charge on any atom is -0.0613 e. The van der Waals surface area contributed by atoms with E-state index in [1.54, 1.807) is 0 Å². The van der Waals surface area contributed by atoms with E-state index in [0.29, 0.717) is 0 Å². The summed E-state index contributed by atoms with van der Waals surface area (Å²) >= 11 is 0. The van der Waals surface area contributed by atoms with Gasteiger partial charge in [0.05, 0.1) is 0 Å². The van der Waals surface area contributed by atoms with Gasteiger partial charge in [-0.05, 0) is 73.1 Å². The molecule has 0 saturated heterocycles. The molecule has 0 unspecified atom stereocenters. The van der Waals surface area contributed by atoms with Crippen molar-refractivity contribution in [3.05, 3.63) is 82.4 Å². The summed E-state index contributed by atoms with van der Waals surface area (Å²) in [4.78, 5) is 0. The smallest absolute Gasteiger partial charge is 0.0116 e. The molecule has 24 heavy (non-hydrogen) atoms. The van der Waals surface area contributed by atoms with Crippen LogP contribution in [0.1, 0.15) is 34.7 Å². The Hall–Kier alpha value is -2.34. The van der Waals surface area contributed by atoms with Crippen molar-refractivity contribution in [2.24, 2.45) is 0 Å². The maximum absolute atomic E-state index is 2.38. The molecule has 3 aromatic rings. The van der Waals surface area contributed by atoms with E-state index >= 15 is 0 Å². The molecule has 0 atom stereocenters. The minimum absolute atomic E-state index is 1.06. The molecule has 0 spiro atoms. The maximum atomic E-state index is 2.38. The second kappa shape index (κ2) is 6.65. The van der Waals surface area contributed by atoms with Crippen LogP contribution in [0, 0.1) is 27.7 Å². The highest BCUT2D eigenvalue weighted by Crippen LogP contribution is 2.37. The molecule has 0 heterocycles. The zero-order valence-corrected chi connectivity index (χ0v) is 15.4. The van der Waals surface area contributed by atoms with Crippen LogP contribution in [-0.4, -0.2) is 0 Å². The second-order valence-electron chi connectivity index (χ2n) is 6.79. The Bertz CT molecular complexity index is 850. The predicted octanol–water partition coefficient (Wildman–Crippen LogP) is 6.82. The van der Waals surface area contributed by atoms with E-state index in [-0.39, 0.29) is 0 Å². The Balaban J connectivity index is 2.26. The molecule has 3 aromatic carbocycles. The molecule has 0 amide bonds. The van der Waals surface area contributed by atoms with E-state index in [0.717, 1.165) is 6.42 Å². The van der Waals surface area contributed by atoms with Crippen molar-refractivity contribution >= 4 is 0 Å². The normalized spacial score (nSPS) is 10.9. The van der Waals surface area contributed by atoms with Gasteiger partial charge < -0.3 is 0 Å². The Morgan fingerprint density at radius 1 is 0.625 bits per heavy atom. The summed E-state index contributed by atoms with van der Waals surface area (Å²) < 4.78 is 0. The van der Waals surface area contributed by atoms with Gasteiger partial charge in [0.15, 0.2) is 0 Å². The van der Waals surface area contributed by atoms with Crippen LogP contribution in [0.25, 0.3) is 22.3 Å². The van der Waals surface area contributed by atoms with Gasteiger partial charge in [0.1, 0.15) is 0 Å². The molecule has 0 heteroatoms. The number of rotatable bonds is 3. The fourth-order valence-electron chi connectivity index (χ4n) is 3.52. The number of hydrogen-bond donors (Lipinski definition) is 0. The van der Waals surface area contributed by atoms with E-state index in [1.807, 2.05) is 0 Å². The van der Waals surface area contributed by atoms with Gasteiger partial charge in [0.2, 0.25) is 0 Å². The predicted molar refractivity (Wildman–Crippen MR) is 106 cm³/mol. The monoisotopic (exact) mass is 314 g/mol. The molecule has 0 radical (unpaired) electrons. The molecule has 0 fully saturated rings. The second-order valence-corrected chi connectivity index (χ2v) is 6.79. The van der Waals surface area contributed by atoms with Crippen LogP contribution < -0.4 is 0 Å². The van der Waals surface area contributed by atoms with Crippen molar-refractivity contribution in [1.82, 2.24) is 0 Å². The van der Waals surface area contributed by atoms with Crippen LogP contribution in [0.15, 0.2) is 54.6 Å². The van der Waals surface area contributed by atoms with E-state index < -0.39 is 0 Å². The SMILES string of the molecule is CCc1cc(-c2ccc(C)cc2)c(C)c(-c2ccc(C)cc2)c1C. The van der Waals surface area contributed by atoms with Crippen molar-refractivity contribution in [2.75, 3.05) is 0 Å². The summed E-state index contributed by atoms with van der Waals surface area (Å²) in [6.07, 6.45) is 1.06. The zero-order valence-electron chi connectivity index (χ0n) is 15.4. The van der Waals surface area contributed by atoms with Gasteiger partial charge in [-0.2, -0.15) is 0 Å². The molecule has 0 saturated carbocycles. The molecule has 0 N–H and O–H groups in total. The molecule has 0 aliphatic carbocycles. The Labute approximate surface area is 146 Å². The first-order valence-corrected chi connectivity index (χ1v) is 8.78. The molecular weight excluding hydrogens is 288 g/mol. The van der Waals surface area contributed by atoms with Gasteiger partial charge in [0, 0.05) is 0 Å². The third kappa shape index (κ3) is 3.01. The van der Waals surface area contributed by atoms with Gasteiger partial charge in [-0.15, -0.1) is 0 Å². The van der Waals surface area contributed by atoms with Crippen molar-refractivity contribution < 1.29 is 0 Å². The van der Waals surface area contributed by atoms with Crippen LogP contribution in [0.3, 0.4) is 0 Å². The first-order valence-electron chi connectivity index (χ1n) is 8.78. The quantitative estimate of drug-likeness (QED) is 0.497. The maximum Gasteiger partial charge on any atom is -0.0116 e. The summed E-state index contributed by atoms with van der Waals surface area (Å²) in [6.45, 7) is 11.1. The van der Waals surface area contributed by atoms with Gasteiger partial charge >= 0.3 is 0 Å². The minimum atomic E-state index is 1.06. The summed E-state index contributed by atoms with van der Waals surface area (Å²) in [7, 11) is 0. The zero-order chi connectivity index (χ0) is 17.3. The first kappa shape index (κ1) is 16.5. The van der Waals surface area contributed by atoms with Gasteiger partial charge in [0.25, 0.3) is 0 Å². The average Bonchev–Trinajstić information content (AvgIpc) is 2.58. The standard InChI is InChI=1S/C24H26/c1-6-20-15-23(21-11-7-16(2)8-12-21)19(5)24(18(20)4)22-13-9-17(3)10-14-22/h7-15H,6H2,1-5H3. The highest BCUT2D eigenvalue weighted by Gasteiger charge is 2.14. The molecule has 0 aliphatic heterocycles. The number of benzene rings is 3. The third-order valence-corrected chi connectivity index (χ3v) is 5.04. The van der Waals surface area contributed by atoms with Gasteiger partial charge in [-0.25, -0.2) is 0 Å². The summed E-state index contributed by atoms with van der Waals surface area (Å²) in [5, 5.41) is 0. The molecular formula is C24H26. The molecule has 0 aromatic heterocycles. The number of hydrogen-bond acceptors (Lipinski definition) is 0. The van der Waals surface area contributed by atoms with Crippen molar-refractivity contribution in [3.63, 3.8) is 0 Å². The van der Waals surface area contributed by atoms with Gasteiger partial charge in [-0.1, -0.05) is 72.6 Å². The lowest BCUT2D eigenvalue weighted by Crippen LogP contribution is -1.98. The van der Waals surface area contributed by atoms with Crippen molar-refractivity contribution in [2.45, 2.75) is 41.0 Å². The lowest BCUT2D eigenvalue weighted by atomic mass is 9.85. The lowest BCUT2D eigenvalue weighted by molar-refractivity contribution is 1.11. The highest BCUT2D eigenvalue weighted by atomic mass is 14.2. The van der Waals surface area contributed by atoms with E-state index in [4.69, 9.17) is 0 Å². The Morgan fingerprint density at radius 3 is 1.62 bits per heavy atom. The van der Waals surface area contributed by atoms with E-state index in [2.05, 4.69) is 89.2 Å². The summed E-state index contributed by atoms with van der Waals surface area (Å²) in [6, 6.07) is 20.2. The van der Waals surface area contributed by atoms with Gasteiger partial charge in [-0.3, -0.25) is 0 Å². The van der Waals surface area contributed by atoms with Crippen LogP contribution >= 0.6 is 0 Å². The fourth-order valence-corrected chi connectivity index (χ4v) is 3.52. The van der Waals surface area contributed by atoms with Crippen molar-refractivity contribution in [3.8, 4) is 22.3 Å². The molecule has 0 aliphatic rings. The van der Waals surface area contributed by atoms with Crippen LogP contribution in [0.2, 0.25) is 0 Å². The van der Waals surface area contributed by atoms with E-state index in [1.165, 1.54) is 50.1 Å². The Morgan fingerprint density at radius 2 is 1.12 bits per heavy atom. The molecule has 0 nitrogen and oxygen atoms in total. The van der Waals surface area contributed by atoms with Crippen LogP contribution in [0.5, 0.6) is 0 Å². The summed E-state index contributed by atoms with van der Waals surface area (Å²) in [5.41, 5.74) is 12.2. The Kier molecular flexibility index (Phi) is 4.57. The highest BCUT2D eigenvalue weighted by molar-refractivity contribution is 5.82. The summed E-state index contributed by atoms with van der Waals surface area (Å²) in [5.74, 6) is 0.